The van der Waals surface area contributed by atoms with E-state index in [0.29, 0.717) is 6.42 Å². The molecule has 0 unspecified atom stereocenters. The van der Waals surface area contributed by atoms with Crippen LogP contribution in [-0.2, 0) is 4.79 Å². The smallest absolute Gasteiger partial charge is 0.265 e. The molecule has 3 heteroatoms. The molecule has 3 nitrogen and oxygen atoms in total. The van der Waals surface area contributed by atoms with Crippen molar-refractivity contribution in [1.29, 1.82) is 0 Å². The van der Waals surface area contributed by atoms with Crippen molar-refractivity contribution in [3.63, 3.8) is 0 Å². The number of hydrogen-bond acceptors (Lipinski definition) is 2. The van der Waals surface area contributed by atoms with E-state index in [9.17, 15) is 4.79 Å². The molecule has 24 heavy (non-hydrogen) atoms. The Balaban J connectivity index is 1.81. The lowest BCUT2D eigenvalue weighted by Gasteiger charge is -2.19. The first-order chi connectivity index (χ1) is 11.7. The maximum atomic E-state index is 12.6. The summed E-state index contributed by atoms with van der Waals surface area (Å²) in [6.07, 6.45) is 0.0661. The molecule has 0 saturated heterocycles. The molecule has 3 aromatic rings. The number of aryl methyl sites for hydroxylation is 1. The number of hydrogen-bond donors (Lipinski definition) is 1. The van der Waals surface area contributed by atoms with Crippen LogP contribution in [0.3, 0.4) is 0 Å². The zero-order chi connectivity index (χ0) is 16.9. The van der Waals surface area contributed by atoms with E-state index >= 15 is 0 Å². The number of anilines is 1. The molecular weight excluding hydrogens is 298 g/mol. The molecule has 0 aliphatic heterocycles. The summed E-state index contributed by atoms with van der Waals surface area (Å²) < 4.78 is 6.04. The van der Waals surface area contributed by atoms with Crippen LogP contribution in [0.5, 0.6) is 5.75 Å². The molecule has 0 aliphatic rings. The highest BCUT2D eigenvalue weighted by molar-refractivity contribution is 5.95. The number of benzene rings is 3. The van der Waals surface area contributed by atoms with Crippen molar-refractivity contribution in [3.05, 3.63) is 72.3 Å². The summed E-state index contributed by atoms with van der Waals surface area (Å²) in [6, 6.07) is 21.7. The van der Waals surface area contributed by atoms with E-state index in [2.05, 4.69) is 5.32 Å². The molecule has 122 valence electrons. The first-order valence-electron chi connectivity index (χ1n) is 8.20. The van der Waals surface area contributed by atoms with E-state index in [4.69, 9.17) is 4.74 Å². The Hall–Kier alpha value is -2.81. The summed E-state index contributed by atoms with van der Waals surface area (Å²) in [6.45, 7) is 3.93. The number of para-hydroxylation sites is 1. The molecular formula is C21H21NO2. The topological polar surface area (TPSA) is 38.3 Å². The summed E-state index contributed by atoms with van der Waals surface area (Å²) in [5.74, 6) is 0.611. The van der Waals surface area contributed by atoms with Crippen LogP contribution in [0.2, 0.25) is 0 Å². The molecule has 3 aromatic carbocycles. The van der Waals surface area contributed by atoms with Gasteiger partial charge in [0, 0.05) is 11.1 Å². The average Bonchev–Trinajstić information content (AvgIpc) is 2.61. The van der Waals surface area contributed by atoms with Crippen LogP contribution < -0.4 is 10.1 Å². The predicted octanol–water partition coefficient (Wildman–Crippen LogP) is 4.94. The minimum atomic E-state index is -0.532. The minimum Gasteiger partial charge on any atom is -0.480 e. The van der Waals surface area contributed by atoms with Crippen molar-refractivity contribution >= 4 is 22.4 Å². The van der Waals surface area contributed by atoms with E-state index in [1.54, 1.807) is 0 Å². The number of carbonyl (C=O) groups is 1. The number of ether oxygens (including phenoxy) is 1. The van der Waals surface area contributed by atoms with Gasteiger partial charge in [0.15, 0.2) is 6.10 Å². The van der Waals surface area contributed by atoms with Crippen molar-refractivity contribution in [1.82, 2.24) is 0 Å². The van der Waals surface area contributed by atoms with Crippen molar-refractivity contribution in [2.24, 2.45) is 0 Å². The molecule has 3 rings (SSSR count). The normalized spacial score (nSPS) is 11.9. The second-order valence-corrected chi connectivity index (χ2v) is 5.80. The van der Waals surface area contributed by atoms with E-state index in [-0.39, 0.29) is 5.91 Å². The van der Waals surface area contributed by atoms with Crippen molar-refractivity contribution in [2.75, 3.05) is 5.32 Å². The van der Waals surface area contributed by atoms with Gasteiger partial charge in [-0.2, -0.15) is 0 Å². The Morgan fingerprint density at radius 2 is 1.71 bits per heavy atom. The van der Waals surface area contributed by atoms with Gasteiger partial charge in [0.2, 0.25) is 0 Å². The van der Waals surface area contributed by atoms with E-state index in [1.807, 2.05) is 80.6 Å². The first kappa shape index (κ1) is 16.1. The van der Waals surface area contributed by atoms with E-state index in [0.717, 1.165) is 27.8 Å². The van der Waals surface area contributed by atoms with Crippen LogP contribution in [0.4, 0.5) is 5.69 Å². The molecule has 0 radical (unpaired) electrons. The Kier molecular flexibility index (Phi) is 4.80. The molecule has 0 fully saturated rings. The largest absolute Gasteiger partial charge is 0.480 e. The second kappa shape index (κ2) is 7.18. The lowest BCUT2D eigenvalue weighted by Crippen LogP contribution is -2.32. The lowest BCUT2D eigenvalue weighted by molar-refractivity contribution is -0.122. The number of rotatable bonds is 5. The Labute approximate surface area is 142 Å². The molecule has 1 amide bonds. The zero-order valence-corrected chi connectivity index (χ0v) is 14.0. The molecule has 0 aliphatic carbocycles. The molecule has 0 aromatic heterocycles. The molecule has 1 N–H and O–H groups in total. The van der Waals surface area contributed by atoms with Crippen LogP contribution in [-0.4, -0.2) is 12.0 Å². The molecule has 1 atom stereocenters. The Morgan fingerprint density at radius 3 is 2.50 bits per heavy atom. The summed E-state index contributed by atoms with van der Waals surface area (Å²) in [7, 11) is 0. The van der Waals surface area contributed by atoms with Gasteiger partial charge >= 0.3 is 0 Å². The third kappa shape index (κ3) is 3.40. The fourth-order valence-electron chi connectivity index (χ4n) is 2.70. The van der Waals surface area contributed by atoms with Gasteiger partial charge < -0.3 is 10.1 Å². The van der Waals surface area contributed by atoms with Gasteiger partial charge in [0.05, 0.1) is 0 Å². The summed E-state index contributed by atoms with van der Waals surface area (Å²) in [4.78, 5) is 12.6. The number of amides is 1. The minimum absolute atomic E-state index is 0.125. The fourth-order valence-corrected chi connectivity index (χ4v) is 2.70. The van der Waals surface area contributed by atoms with Gasteiger partial charge in [-0.05, 0) is 36.4 Å². The quantitative estimate of drug-likeness (QED) is 0.723. The summed E-state index contributed by atoms with van der Waals surface area (Å²) in [5, 5.41) is 5.08. The zero-order valence-electron chi connectivity index (χ0n) is 14.0. The van der Waals surface area contributed by atoms with Crippen LogP contribution in [0.25, 0.3) is 10.8 Å². The predicted molar refractivity (Wildman–Crippen MR) is 98.5 cm³/mol. The second-order valence-electron chi connectivity index (χ2n) is 5.80. The summed E-state index contributed by atoms with van der Waals surface area (Å²) >= 11 is 0. The third-order valence-corrected chi connectivity index (χ3v) is 4.09. The van der Waals surface area contributed by atoms with E-state index < -0.39 is 6.10 Å². The van der Waals surface area contributed by atoms with Gasteiger partial charge in [-0.3, -0.25) is 4.79 Å². The first-order valence-corrected chi connectivity index (χ1v) is 8.20. The van der Waals surface area contributed by atoms with Gasteiger partial charge in [0.25, 0.3) is 5.91 Å². The molecule has 0 saturated carbocycles. The van der Waals surface area contributed by atoms with Crippen molar-refractivity contribution < 1.29 is 9.53 Å². The Morgan fingerprint density at radius 1 is 1.00 bits per heavy atom. The van der Waals surface area contributed by atoms with Gasteiger partial charge in [0.1, 0.15) is 5.75 Å². The average molecular weight is 319 g/mol. The highest BCUT2D eigenvalue weighted by Gasteiger charge is 2.19. The highest BCUT2D eigenvalue weighted by Crippen LogP contribution is 2.27. The number of nitrogens with one attached hydrogen (secondary N) is 1. The highest BCUT2D eigenvalue weighted by atomic mass is 16.5. The Bertz CT molecular complexity index is 852. The van der Waals surface area contributed by atoms with E-state index in [1.165, 1.54) is 0 Å². The van der Waals surface area contributed by atoms with Crippen LogP contribution >= 0.6 is 0 Å². The monoisotopic (exact) mass is 319 g/mol. The van der Waals surface area contributed by atoms with Crippen molar-refractivity contribution in [2.45, 2.75) is 26.4 Å². The SMILES string of the molecule is CC[C@H](Oc1cccc2ccccc12)C(=O)Nc1ccccc1C. The molecule has 0 heterocycles. The van der Waals surface area contributed by atoms with Gasteiger partial charge in [-0.25, -0.2) is 0 Å². The van der Waals surface area contributed by atoms with Gasteiger partial charge in [-0.15, -0.1) is 0 Å². The third-order valence-electron chi connectivity index (χ3n) is 4.09. The van der Waals surface area contributed by atoms with Gasteiger partial charge in [-0.1, -0.05) is 61.5 Å². The lowest BCUT2D eigenvalue weighted by atomic mass is 10.1. The number of carbonyl (C=O) groups excluding carboxylic acids is 1. The maximum Gasteiger partial charge on any atom is 0.265 e. The molecule has 0 bridgehead atoms. The summed E-state index contributed by atoms with van der Waals surface area (Å²) in [5.41, 5.74) is 1.85. The van der Waals surface area contributed by atoms with Crippen molar-refractivity contribution in [3.8, 4) is 5.75 Å². The van der Waals surface area contributed by atoms with Crippen LogP contribution in [0, 0.1) is 6.92 Å². The number of fused-ring (bicyclic) bond motifs is 1. The standard InChI is InChI=1S/C21H21NO2/c1-3-19(21(23)22-18-13-7-4-9-15(18)2)24-20-14-8-11-16-10-5-6-12-17(16)20/h4-14,19H,3H2,1-2H3,(H,22,23)/t19-/m0/s1. The fraction of sp³-hybridized carbons (Fsp3) is 0.190. The maximum absolute atomic E-state index is 12.6. The molecule has 0 spiro atoms. The van der Waals surface area contributed by atoms with Crippen LogP contribution in [0.1, 0.15) is 18.9 Å². The van der Waals surface area contributed by atoms with Crippen LogP contribution in [0.15, 0.2) is 66.7 Å².